The number of benzene rings is 1. The van der Waals surface area contributed by atoms with Crippen LogP contribution in [0.25, 0.3) is 0 Å². The van der Waals surface area contributed by atoms with E-state index in [1.54, 1.807) is 16.8 Å². The number of nitrogens with two attached hydrogens (primary N) is 1. The van der Waals surface area contributed by atoms with Crippen LogP contribution in [-0.4, -0.2) is 16.9 Å². The Bertz CT molecular complexity index is 595. The van der Waals surface area contributed by atoms with E-state index in [1.165, 1.54) is 13.2 Å². The summed E-state index contributed by atoms with van der Waals surface area (Å²) in [5.41, 5.74) is 7.49. The van der Waals surface area contributed by atoms with E-state index < -0.39 is 0 Å². The minimum absolute atomic E-state index is 0.306. The molecule has 1 heterocycles. The summed E-state index contributed by atoms with van der Waals surface area (Å²) in [6.45, 7) is 4.40. The largest absolute Gasteiger partial charge is 0.497 e. The first kappa shape index (κ1) is 13.2. The standard InChI is InChI=1S/C13H17FN4O/c1-4-18-13(12(15)8(2)17-18)16-11-7-9(19-3)5-6-10(11)14/h5-7,16H,4,15H2,1-3H3. The zero-order valence-corrected chi connectivity index (χ0v) is 11.2. The summed E-state index contributed by atoms with van der Waals surface area (Å²) in [5, 5.41) is 7.25. The molecular weight excluding hydrogens is 247 g/mol. The number of nitrogens with one attached hydrogen (secondary N) is 1. The van der Waals surface area contributed by atoms with Crippen molar-refractivity contribution in [1.82, 2.24) is 9.78 Å². The Labute approximate surface area is 111 Å². The van der Waals surface area contributed by atoms with Gasteiger partial charge >= 0.3 is 0 Å². The van der Waals surface area contributed by atoms with Gasteiger partial charge in [0, 0.05) is 12.6 Å². The van der Waals surface area contributed by atoms with Gasteiger partial charge in [-0.2, -0.15) is 5.10 Å². The summed E-state index contributed by atoms with van der Waals surface area (Å²) < 4.78 is 20.6. The van der Waals surface area contributed by atoms with E-state index in [1.807, 2.05) is 13.8 Å². The third-order valence-electron chi connectivity index (χ3n) is 2.90. The van der Waals surface area contributed by atoms with Crippen LogP contribution in [0.4, 0.5) is 21.6 Å². The molecule has 0 unspecified atom stereocenters. The minimum Gasteiger partial charge on any atom is -0.497 e. The molecule has 6 heteroatoms. The molecular formula is C13H17FN4O. The van der Waals surface area contributed by atoms with E-state index in [9.17, 15) is 4.39 Å². The van der Waals surface area contributed by atoms with Crippen LogP contribution in [0, 0.1) is 12.7 Å². The Hall–Kier alpha value is -2.24. The van der Waals surface area contributed by atoms with Gasteiger partial charge in [-0.15, -0.1) is 0 Å². The minimum atomic E-state index is -0.373. The zero-order valence-electron chi connectivity index (χ0n) is 11.2. The first-order valence-electron chi connectivity index (χ1n) is 6.00. The highest BCUT2D eigenvalue weighted by Gasteiger charge is 2.13. The van der Waals surface area contributed by atoms with Gasteiger partial charge in [-0.1, -0.05) is 0 Å². The van der Waals surface area contributed by atoms with Gasteiger partial charge in [-0.05, 0) is 26.0 Å². The van der Waals surface area contributed by atoms with Gasteiger partial charge in [0.1, 0.15) is 11.6 Å². The van der Waals surface area contributed by atoms with E-state index in [4.69, 9.17) is 10.5 Å². The highest BCUT2D eigenvalue weighted by Crippen LogP contribution is 2.29. The number of hydrogen-bond donors (Lipinski definition) is 2. The second-order valence-electron chi connectivity index (χ2n) is 4.13. The lowest BCUT2D eigenvalue weighted by molar-refractivity contribution is 0.414. The zero-order chi connectivity index (χ0) is 14.0. The van der Waals surface area contributed by atoms with Crippen LogP contribution >= 0.6 is 0 Å². The van der Waals surface area contributed by atoms with Crippen LogP contribution in [-0.2, 0) is 6.54 Å². The average molecular weight is 264 g/mol. The molecule has 0 saturated carbocycles. The number of aromatic nitrogens is 2. The van der Waals surface area contributed by atoms with Crippen molar-refractivity contribution in [3.05, 3.63) is 29.7 Å². The van der Waals surface area contributed by atoms with E-state index in [2.05, 4.69) is 10.4 Å². The summed E-state index contributed by atoms with van der Waals surface area (Å²) in [6.07, 6.45) is 0. The maximum Gasteiger partial charge on any atom is 0.152 e. The summed E-state index contributed by atoms with van der Waals surface area (Å²) in [7, 11) is 1.53. The normalized spacial score (nSPS) is 10.5. The quantitative estimate of drug-likeness (QED) is 0.891. The van der Waals surface area contributed by atoms with Crippen LogP contribution in [0.5, 0.6) is 5.75 Å². The van der Waals surface area contributed by atoms with Crippen LogP contribution in [0.2, 0.25) is 0 Å². The van der Waals surface area contributed by atoms with Crippen molar-refractivity contribution in [1.29, 1.82) is 0 Å². The molecule has 0 radical (unpaired) electrons. The van der Waals surface area contributed by atoms with Crippen molar-refractivity contribution in [2.75, 3.05) is 18.2 Å². The fourth-order valence-corrected chi connectivity index (χ4v) is 1.81. The predicted molar refractivity (Wildman–Crippen MR) is 73.3 cm³/mol. The predicted octanol–water partition coefficient (Wildman–Crippen LogP) is 2.68. The van der Waals surface area contributed by atoms with Crippen molar-refractivity contribution in [2.24, 2.45) is 0 Å². The smallest absolute Gasteiger partial charge is 0.152 e. The van der Waals surface area contributed by atoms with E-state index in [0.29, 0.717) is 35.2 Å². The van der Waals surface area contributed by atoms with Crippen LogP contribution < -0.4 is 15.8 Å². The number of aryl methyl sites for hydroxylation is 2. The number of anilines is 3. The number of halogens is 1. The number of hydrogen-bond acceptors (Lipinski definition) is 4. The van der Waals surface area contributed by atoms with Crippen molar-refractivity contribution in [3.8, 4) is 5.75 Å². The van der Waals surface area contributed by atoms with Gasteiger partial charge in [0.15, 0.2) is 5.82 Å². The topological polar surface area (TPSA) is 65.1 Å². The molecule has 0 fully saturated rings. The number of rotatable bonds is 4. The number of methoxy groups -OCH3 is 1. The Kier molecular flexibility index (Phi) is 3.59. The van der Waals surface area contributed by atoms with Crippen LogP contribution in [0.3, 0.4) is 0 Å². The molecule has 0 amide bonds. The SMILES string of the molecule is CCn1nc(C)c(N)c1Nc1cc(OC)ccc1F. The van der Waals surface area contributed by atoms with Gasteiger partial charge < -0.3 is 15.8 Å². The third-order valence-corrected chi connectivity index (χ3v) is 2.90. The van der Waals surface area contributed by atoms with Crippen molar-refractivity contribution in [2.45, 2.75) is 20.4 Å². The molecule has 2 aromatic rings. The highest BCUT2D eigenvalue weighted by atomic mass is 19.1. The van der Waals surface area contributed by atoms with Crippen molar-refractivity contribution >= 4 is 17.2 Å². The maximum absolute atomic E-state index is 13.8. The van der Waals surface area contributed by atoms with E-state index >= 15 is 0 Å². The Morgan fingerprint density at radius 3 is 2.84 bits per heavy atom. The molecule has 0 atom stereocenters. The Morgan fingerprint density at radius 1 is 1.47 bits per heavy atom. The molecule has 102 valence electrons. The van der Waals surface area contributed by atoms with Gasteiger partial charge in [-0.3, -0.25) is 0 Å². The molecule has 1 aromatic heterocycles. The molecule has 0 saturated heterocycles. The molecule has 0 bridgehead atoms. The Morgan fingerprint density at radius 2 is 2.21 bits per heavy atom. The average Bonchev–Trinajstić information content (AvgIpc) is 2.68. The van der Waals surface area contributed by atoms with E-state index in [0.717, 1.165) is 0 Å². The lowest BCUT2D eigenvalue weighted by Crippen LogP contribution is -2.05. The third kappa shape index (κ3) is 2.47. The van der Waals surface area contributed by atoms with Crippen molar-refractivity contribution < 1.29 is 9.13 Å². The number of nitrogen functional groups attached to an aromatic ring is 1. The first-order valence-corrected chi connectivity index (χ1v) is 6.00. The second-order valence-corrected chi connectivity index (χ2v) is 4.13. The molecule has 0 spiro atoms. The molecule has 5 nitrogen and oxygen atoms in total. The van der Waals surface area contributed by atoms with Gasteiger partial charge in [0.2, 0.25) is 0 Å². The summed E-state index contributed by atoms with van der Waals surface area (Å²) >= 11 is 0. The van der Waals surface area contributed by atoms with Gasteiger partial charge in [-0.25, -0.2) is 9.07 Å². The maximum atomic E-state index is 13.8. The summed E-state index contributed by atoms with van der Waals surface area (Å²) in [5.74, 6) is 0.788. The van der Waals surface area contributed by atoms with E-state index in [-0.39, 0.29) is 5.82 Å². The highest BCUT2D eigenvalue weighted by molar-refractivity contribution is 5.72. The molecule has 0 aliphatic heterocycles. The molecule has 19 heavy (non-hydrogen) atoms. The summed E-state index contributed by atoms with van der Waals surface area (Å²) in [4.78, 5) is 0. The lowest BCUT2D eigenvalue weighted by Gasteiger charge is -2.11. The molecule has 2 rings (SSSR count). The summed E-state index contributed by atoms with van der Waals surface area (Å²) in [6, 6.07) is 4.49. The number of nitrogens with zero attached hydrogens (tertiary/aromatic N) is 2. The molecule has 3 N–H and O–H groups in total. The monoisotopic (exact) mass is 264 g/mol. The molecule has 0 aliphatic rings. The molecule has 0 aliphatic carbocycles. The van der Waals surface area contributed by atoms with Gasteiger partial charge in [0.05, 0.1) is 24.2 Å². The number of ether oxygens (including phenoxy) is 1. The lowest BCUT2D eigenvalue weighted by atomic mass is 10.2. The first-order chi connectivity index (χ1) is 9.06. The van der Waals surface area contributed by atoms with Crippen molar-refractivity contribution in [3.63, 3.8) is 0 Å². The van der Waals surface area contributed by atoms with Crippen LogP contribution in [0.1, 0.15) is 12.6 Å². The van der Waals surface area contributed by atoms with Gasteiger partial charge in [0.25, 0.3) is 0 Å². The second kappa shape index (κ2) is 5.17. The fourth-order valence-electron chi connectivity index (χ4n) is 1.81. The fraction of sp³-hybridized carbons (Fsp3) is 0.308. The Balaban J connectivity index is 2.41. The molecule has 1 aromatic carbocycles. The van der Waals surface area contributed by atoms with Crippen LogP contribution in [0.15, 0.2) is 18.2 Å².